The molecule has 0 bridgehead atoms. The first-order valence-corrected chi connectivity index (χ1v) is 5.92. The zero-order valence-electron chi connectivity index (χ0n) is 9.77. The fourth-order valence-corrected chi connectivity index (χ4v) is 2.46. The highest BCUT2D eigenvalue weighted by molar-refractivity contribution is 5.83. The molecule has 0 aliphatic carbocycles. The summed E-state index contributed by atoms with van der Waals surface area (Å²) in [5.41, 5.74) is 1.98. The third-order valence-corrected chi connectivity index (χ3v) is 3.27. The molecule has 1 aromatic heterocycles. The fraction of sp³-hybridized carbons (Fsp3) is 0.385. The third kappa shape index (κ3) is 1.85. The fourth-order valence-electron chi connectivity index (χ4n) is 2.46. The summed E-state index contributed by atoms with van der Waals surface area (Å²) in [6.45, 7) is 3.91. The van der Waals surface area contributed by atoms with Crippen molar-refractivity contribution >= 4 is 10.9 Å². The number of phenolic OH excluding ortho intramolecular Hbond substituents is 1. The number of benzene rings is 1. The van der Waals surface area contributed by atoms with Crippen LogP contribution in [0, 0.1) is 6.92 Å². The Bertz CT molecular complexity index is 562. The van der Waals surface area contributed by atoms with Crippen molar-refractivity contribution in [1.82, 2.24) is 15.3 Å². The monoisotopic (exact) mass is 229 g/mol. The largest absolute Gasteiger partial charge is 0.508 e. The van der Waals surface area contributed by atoms with E-state index in [2.05, 4.69) is 15.3 Å². The van der Waals surface area contributed by atoms with Gasteiger partial charge in [-0.25, -0.2) is 9.97 Å². The second kappa shape index (κ2) is 3.96. The van der Waals surface area contributed by atoms with Crippen LogP contribution >= 0.6 is 0 Å². The lowest BCUT2D eigenvalue weighted by atomic mass is 10.00. The number of hydrogen-bond acceptors (Lipinski definition) is 4. The summed E-state index contributed by atoms with van der Waals surface area (Å²) in [7, 11) is 0. The molecule has 1 unspecified atom stereocenters. The zero-order chi connectivity index (χ0) is 11.8. The highest BCUT2D eigenvalue weighted by Crippen LogP contribution is 2.29. The molecule has 4 heteroatoms. The van der Waals surface area contributed by atoms with E-state index >= 15 is 0 Å². The number of aryl methyl sites for hydroxylation is 1. The number of nitrogens with one attached hydrogen (secondary N) is 1. The van der Waals surface area contributed by atoms with Gasteiger partial charge in [-0.1, -0.05) is 0 Å². The average Bonchev–Trinajstić information content (AvgIpc) is 2.82. The van der Waals surface area contributed by atoms with Gasteiger partial charge in [-0.2, -0.15) is 0 Å². The van der Waals surface area contributed by atoms with E-state index in [0.29, 0.717) is 5.92 Å². The van der Waals surface area contributed by atoms with Gasteiger partial charge in [0.2, 0.25) is 0 Å². The molecule has 88 valence electrons. The minimum atomic E-state index is 0.275. The summed E-state index contributed by atoms with van der Waals surface area (Å²) in [5, 5.41) is 13.9. The van der Waals surface area contributed by atoms with Crippen molar-refractivity contribution in [2.24, 2.45) is 0 Å². The van der Waals surface area contributed by atoms with E-state index in [-0.39, 0.29) is 5.75 Å². The Labute approximate surface area is 99.7 Å². The van der Waals surface area contributed by atoms with Crippen LogP contribution in [0.5, 0.6) is 5.75 Å². The number of nitrogens with zero attached hydrogens (tertiary/aromatic N) is 2. The predicted molar refractivity (Wildman–Crippen MR) is 66.2 cm³/mol. The summed E-state index contributed by atoms with van der Waals surface area (Å²) < 4.78 is 0. The molecule has 4 nitrogen and oxygen atoms in total. The minimum Gasteiger partial charge on any atom is -0.508 e. The first-order chi connectivity index (χ1) is 8.24. The quantitative estimate of drug-likeness (QED) is 0.781. The topological polar surface area (TPSA) is 58.0 Å². The smallest absolute Gasteiger partial charge is 0.126 e. The van der Waals surface area contributed by atoms with Gasteiger partial charge in [0.1, 0.15) is 11.6 Å². The molecule has 1 fully saturated rings. The predicted octanol–water partition coefficient (Wildman–Crippen LogP) is 1.72. The van der Waals surface area contributed by atoms with Crippen LogP contribution in [0.15, 0.2) is 18.2 Å². The number of fused-ring (bicyclic) bond motifs is 1. The van der Waals surface area contributed by atoms with Crippen molar-refractivity contribution in [1.29, 1.82) is 0 Å². The van der Waals surface area contributed by atoms with Crippen LogP contribution in [-0.2, 0) is 0 Å². The standard InChI is InChI=1S/C13H15N3O/c1-8-15-12-3-2-10(17)6-11(12)13(16-8)9-4-5-14-7-9/h2-3,6,9,14,17H,4-5,7H2,1H3. The summed E-state index contributed by atoms with van der Waals surface area (Å²) in [6.07, 6.45) is 1.10. The zero-order valence-corrected chi connectivity index (χ0v) is 9.77. The molecular formula is C13H15N3O. The molecule has 1 aliphatic heterocycles. The molecule has 0 spiro atoms. The number of phenols is 1. The summed E-state index contributed by atoms with van der Waals surface area (Å²) in [5.74, 6) is 1.50. The van der Waals surface area contributed by atoms with E-state index in [1.807, 2.05) is 13.0 Å². The van der Waals surface area contributed by atoms with Crippen LogP contribution in [0.4, 0.5) is 0 Å². The van der Waals surface area contributed by atoms with Gasteiger partial charge >= 0.3 is 0 Å². The van der Waals surface area contributed by atoms with Gasteiger partial charge in [-0.15, -0.1) is 0 Å². The van der Waals surface area contributed by atoms with Gasteiger partial charge in [0.05, 0.1) is 11.2 Å². The maximum absolute atomic E-state index is 9.60. The Kier molecular flexibility index (Phi) is 2.44. The molecule has 2 N–H and O–H groups in total. The lowest BCUT2D eigenvalue weighted by Gasteiger charge is -2.12. The number of hydrogen-bond donors (Lipinski definition) is 2. The Morgan fingerprint density at radius 3 is 3.00 bits per heavy atom. The average molecular weight is 229 g/mol. The second-order valence-corrected chi connectivity index (χ2v) is 4.55. The number of rotatable bonds is 1. The Morgan fingerprint density at radius 1 is 1.35 bits per heavy atom. The lowest BCUT2D eigenvalue weighted by molar-refractivity contribution is 0.476. The van der Waals surface area contributed by atoms with E-state index in [1.165, 1.54) is 0 Å². The van der Waals surface area contributed by atoms with Crippen LogP contribution in [0.3, 0.4) is 0 Å². The normalized spacial score (nSPS) is 19.9. The van der Waals surface area contributed by atoms with Crippen LogP contribution in [-0.4, -0.2) is 28.2 Å². The van der Waals surface area contributed by atoms with Gasteiger partial charge in [-0.05, 0) is 38.1 Å². The summed E-state index contributed by atoms with van der Waals surface area (Å²) >= 11 is 0. The first kappa shape index (κ1) is 10.5. The molecule has 1 aromatic carbocycles. The molecule has 17 heavy (non-hydrogen) atoms. The molecule has 3 rings (SSSR count). The molecule has 1 saturated heterocycles. The SMILES string of the molecule is Cc1nc(C2CCNC2)c2cc(O)ccc2n1. The minimum absolute atomic E-state index is 0.275. The molecule has 2 heterocycles. The molecule has 2 aromatic rings. The van der Waals surface area contributed by atoms with Gasteiger partial charge < -0.3 is 10.4 Å². The molecule has 0 saturated carbocycles. The molecule has 1 atom stereocenters. The van der Waals surface area contributed by atoms with Crippen LogP contribution < -0.4 is 5.32 Å². The first-order valence-electron chi connectivity index (χ1n) is 5.92. The number of aromatic nitrogens is 2. The van der Waals surface area contributed by atoms with E-state index in [0.717, 1.165) is 41.9 Å². The highest BCUT2D eigenvalue weighted by atomic mass is 16.3. The van der Waals surface area contributed by atoms with Crippen molar-refractivity contribution < 1.29 is 5.11 Å². The molecular weight excluding hydrogens is 214 g/mol. The van der Waals surface area contributed by atoms with Crippen LogP contribution in [0.2, 0.25) is 0 Å². The highest BCUT2D eigenvalue weighted by Gasteiger charge is 2.21. The van der Waals surface area contributed by atoms with Crippen LogP contribution in [0.25, 0.3) is 10.9 Å². The molecule has 0 radical (unpaired) electrons. The van der Waals surface area contributed by atoms with Gasteiger partial charge in [0, 0.05) is 17.8 Å². The van der Waals surface area contributed by atoms with E-state index in [4.69, 9.17) is 0 Å². The lowest BCUT2D eigenvalue weighted by Crippen LogP contribution is -2.10. The van der Waals surface area contributed by atoms with Crippen molar-refractivity contribution in [3.8, 4) is 5.75 Å². The maximum Gasteiger partial charge on any atom is 0.126 e. The van der Waals surface area contributed by atoms with Crippen molar-refractivity contribution in [3.63, 3.8) is 0 Å². The Morgan fingerprint density at radius 2 is 2.24 bits per heavy atom. The van der Waals surface area contributed by atoms with E-state index in [1.54, 1.807) is 12.1 Å². The third-order valence-electron chi connectivity index (χ3n) is 3.27. The Balaban J connectivity index is 2.23. The van der Waals surface area contributed by atoms with Gasteiger partial charge in [0.15, 0.2) is 0 Å². The maximum atomic E-state index is 9.60. The van der Waals surface area contributed by atoms with Gasteiger partial charge in [-0.3, -0.25) is 0 Å². The van der Waals surface area contributed by atoms with Crippen molar-refractivity contribution in [2.75, 3.05) is 13.1 Å². The van der Waals surface area contributed by atoms with Crippen molar-refractivity contribution in [3.05, 3.63) is 29.7 Å². The van der Waals surface area contributed by atoms with Crippen LogP contribution in [0.1, 0.15) is 23.9 Å². The second-order valence-electron chi connectivity index (χ2n) is 4.55. The summed E-state index contributed by atoms with van der Waals surface area (Å²) in [6, 6.07) is 5.29. The number of aromatic hydroxyl groups is 1. The van der Waals surface area contributed by atoms with Gasteiger partial charge in [0.25, 0.3) is 0 Å². The molecule has 1 aliphatic rings. The van der Waals surface area contributed by atoms with E-state index in [9.17, 15) is 5.11 Å². The summed E-state index contributed by atoms with van der Waals surface area (Å²) in [4.78, 5) is 8.97. The van der Waals surface area contributed by atoms with E-state index < -0.39 is 0 Å². The molecule has 0 amide bonds. The van der Waals surface area contributed by atoms with Crippen molar-refractivity contribution in [2.45, 2.75) is 19.3 Å². The Hall–Kier alpha value is -1.68.